The molecule has 0 saturated heterocycles. The van der Waals surface area contributed by atoms with Crippen LogP contribution in [0.3, 0.4) is 0 Å². The smallest absolute Gasteiger partial charge is 0.165 e. The molecule has 1 aromatic rings. The molecule has 2 nitrogen and oxygen atoms in total. The number of halogens is 1. The van der Waals surface area contributed by atoms with Crippen molar-refractivity contribution in [2.75, 3.05) is 0 Å². The molecule has 1 aromatic carbocycles. The monoisotopic (exact) mass is 225 g/mol. The molecule has 0 amide bonds. The van der Waals surface area contributed by atoms with Crippen molar-refractivity contribution in [1.82, 2.24) is 0 Å². The van der Waals surface area contributed by atoms with Crippen LogP contribution in [0.25, 0.3) is 0 Å². The van der Waals surface area contributed by atoms with Gasteiger partial charge in [-0.2, -0.15) is 0 Å². The average Bonchev–Trinajstić information content (AvgIpc) is 2.22. The summed E-state index contributed by atoms with van der Waals surface area (Å²) in [5.41, 5.74) is 6.57. The Kier molecular flexibility index (Phi) is 4.74. The van der Waals surface area contributed by atoms with Gasteiger partial charge in [0.15, 0.2) is 11.6 Å². The molecular formula is C13H20FNO. The zero-order chi connectivity index (χ0) is 12.1. The number of hydrogen-bond donors (Lipinski definition) is 1. The maximum Gasteiger partial charge on any atom is 0.165 e. The highest BCUT2D eigenvalue weighted by molar-refractivity contribution is 5.35. The Bertz CT molecular complexity index is 339. The van der Waals surface area contributed by atoms with Crippen LogP contribution in [-0.2, 0) is 6.42 Å². The fraction of sp³-hybridized carbons (Fsp3) is 0.538. The van der Waals surface area contributed by atoms with Gasteiger partial charge in [-0.1, -0.05) is 19.1 Å². The van der Waals surface area contributed by atoms with Crippen molar-refractivity contribution < 1.29 is 9.13 Å². The molecule has 16 heavy (non-hydrogen) atoms. The quantitative estimate of drug-likeness (QED) is 0.836. The van der Waals surface area contributed by atoms with E-state index in [1.807, 2.05) is 26.8 Å². The molecule has 90 valence electrons. The molecule has 0 fully saturated rings. The van der Waals surface area contributed by atoms with Crippen LogP contribution in [0.2, 0.25) is 0 Å². The van der Waals surface area contributed by atoms with Crippen LogP contribution in [0.1, 0.15) is 32.8 Å². The summed E-state index contributed by atoms with van der Waals surface area (Å²) >= 11 is 0. The Morgan fingerprint density at radius 1 is 1.38 bits per heavy atom. The van der Waals surface area contributed by atoms with Crippen molar-refractivity contribution in [3.63, 3.8) is 0 Å². The van der Waals surface area contributed by atoms with Crippen molar-refractivity contribution >= 4 is 0 Å². The van der Waals surface area contributed by atoms with Crippen LogP contribution in [0.15, 0.2) is 18.2 Å². The third-order valence-electron chi connectivity index (χ3n) is 2.48. The third kappa shape index (κ3) is 3.49. The van der Waals surface area contributed by atoms with E-state index in [2.05, 4.69) is 0 Å². The van der Waals surface area contributed by atoms with Gasteiger partial charge in [0.1, 0.15) is 0 Å². The summed E-state index contributed by atoms with van der Waals surface area (Å²) in [5, 5.41) is 0. The van der Waals surface area contributed by atoms with Gasteiger partial charge < -0.3 is 10.5 Å². The number of para-hydroxylation sites is 1. The lowest BCUT2D eigenvalue weighted by atomic mass is 10.1. The zero-order valence-corrected chi connectivity index (χ0v) is 10.2. The predicted molar refractivity (Wildman–Crippen MR) is 64.1 cm³/mol. The van der Waals surface area contributed by atoms with Crippen LogP contribution in [0, 0.1) is 5.82 Å². The molecule has 0 aromatic heterocycles. The molecule has 1 rings (SSSR count). The Hall–Kier alpha value is -1.09. The fourth-order valence-corrected chi connectivity index (χ4v) is 1.48. The number of nitrogens with two attached hydrogens (primary N) is 1. The second kappa shape index (κ2) is 5.85. The van der Waals surface area contributed by atoms with Gasteiger partial charge in [0.05, 0.1) is 6.10 Å². The Labute approximate surface area is 96.6 Å². The van der Waals surface area contributed by atoms with E-state index in [-0.39, 0.29) is 18.0 Å². The Morgan fingerprint density at radius 2 is 2.06 bits per heavy atom. The first-order chi connectivity index (χ1) is 7.54. The van der Waals surface area contributed by atoms with Crippen LogP contribution in [0.5, 0.6) is 5.75 Å². The summed E-state index contributed by atoms with van der Waals surface area (Å²) in [7, 11) is 0. The molecule has 2 unspecified atom stereocenters. The van der Waals surface area contributed by atoms with Crippen LogP contribution in [-0.4, -0.2) is 12.1 Å². The lowest BCUT2D eigenvalue weighted by Crippen LogP contribution is -2.20. The molecule has 0 aliphatic carbocycles. The summed E-state index contributed by atoms with van der Waals surface area (Å²) in [6.45, 7) is 5.84. The molecule has 3 heteroatoms. The summed E-state index contributed by atoms with van der Waals surface area (Å²) in [6.07, 6.45) is 1.50. The van der Waals surface area contributed by atoms with Gasteiger partial charge in [0.2, 0.25) is 0 Å². The molecule has 0 spiro atoms. The van der Waals surface area contributed by atoms with Crippen molar-refractivity contribution in [2.24, 2.45) is 5.73 Å². The first kappa shape index (κ1) is 13.0. The largest absolute Gasteiger partial charge is 0.487 e. The SMILES string of the molecule is CCC(C)Oc1c(F)cccc1CC(C)N. The van der Waals surface area contributed by atoms with Crippen LogP contribution < -0.4 is 10.5 Å². The minimum atomic E-state index is -0.307. The maximum absolute atomic E-state index is 13.6. The summed E-state index contributed by atoms with van der Waals surface area (Å²) in [5.74, 6) is 0.0487. The minimum absolute atomic E-state index is 0.00100. The number of rotatable bonds is 5. The topological polar surface area (TPSA) is 35.2 Å². The molecule has 0 bridgehead atoms. The average molecular weight is 225 g/mol. The number of hydrogen-bond acceptors (Lipinski definition) is 2. The second-order valence-corrected chi connectivity index (χ2v) is 4.25. The summed E-state index contributed by atoms with van der Waals surface area (Å²) in [6, 6.07) is 4.98. The normalized spacial score (nSPS) is 14.6. The van der Waals surface area contributed by atoms with Gasteiger partial charge >= 0.3 is 0 Å². The standard InChI is InChI=1S/C13H20FNO/c1-4-10(3)16-13-11(8-9(2)15)6-5-7-12(13)14/h5-7,9-10H,4,8,15H2,1-3H3. The third-order valence-corrected chi connectivity index (χ3v) is 2.48. The van der Waals surface area contributed by atoms with Crippen molar-refractivity contribution in [3.8, 4) is 5.75 Å². The molecule has 0 aliphatic rings. The van der Waals surface area contributed by atoms with Crippen LogP contribution in [0.4, 0.5) is 4.39 Å². The Morgan fingerprint density at radius 3 is 2.62 bits per heavy atom. The van der Waals surface area contributed by atoms with Crippen molar-refractivity contribution in [3.05, 3.63) is 29.6 Å². The van der Waals surface area contributed by atoms with E-state index < -0.39 is 0 Å². The highest BCUT2D eigenvalue weighted by atomic mass is 19.1. The molecule has 0 radical (unpaired) electrons. The van der Waals surface area contributed by atoms with E-state index in [0.29, 0.717) is 12.2 Å². The summed E-state index contributed by atoms with van der Waals surface area (Å²) in [4.78, 5) is 0. The van der Waals surface area contributed by atoms with Gasteiger partial charge in [0.25, 0.3) is 0 Å². The first-order valence-corrected chi connectivity index (χ1v) is 5.74. The van der Waals surface area contributed by atoms with E-state index in [1.54, 1.807) is 6.07 Å². The van der Waals surface area contributed by atoms with Gasteiger partial charge in [-0.15, -0.1) is 0 Å². The summed E-state index contributed by atoms with van der Waals surface area (Å²) < 4.78 is 19.2. The van der Waals surface area contributed by atoms with E-state index in [1.165, 1.54) is 6.07 Å². The van der Waals surface area contributed by atoms with E-state index in [0.717, 1.165) is 12.0 Å². The Balaban J connectivity index is 2.94. The van der Waals surface area contributed by atoms with Gasteiger partial charge in [-0.05, 0) is 38.3 Å². The highest BCUT2D eigenvalue weighted by Gasteiger charge is 2.13. The lowest BCUT2D eigenvalue weighted by molar-refractivity contribution is 0.205. The van der Waals surface area contributed by atoms with Gasteiger partial charge in [-0.25, -0.2) is 4.39 Å². The maximum atomic E-state index is 13.6. The molecule has 2 N–H and O–H groups in total. The molecule has 0 saturated carbocycles. The first-order valence-electron chi connectivity index (χ1n) is 5.74. The number of benzene rings is 1. The molecule has 0 heterocycles. The van der Waals surface area contributed by atoms with E-state index in [9.17, 15) is 4.39 Å². The van der Waals surface area contributed by atoms with Crippen molar-refractivity contribution in [1.29, 1.82) is 0 Å². The zero-order valence-electron chi connectivity index (χ0n) is 10.2. The van der Waals surface area contributed by atoms with E-state index >= 15 is 0 Å². The van der Waals surface area contributed by atoms with Gasteiger partial charge in [0, 0.05) is 6.04 Å². The molecule has 2 atom stereocenters. The molecule has 0 aliphatic heterocycles. The highest BCUT2D eigenvalue weighted by Crippen LogP contribution is 2.25. The van der Waals surface area contributed by atoms with Gasteiger partial charge in [-0.3, -0.25) is 0 Å². The lowest BCUT2D eigenvalue weighted by Gasteiger charge is -2.17. The van der Waals surface area contributed by atoms with E-state index in [4.69, 9.17) is 10.5 Å². The van der Waals surface area contributed by atoms with Crippen molar-refractivity contribution in [2.45, 2.75) is 45.8 Å². The predicted octanol–water partition coefficient (Wildman–Crippen LogP) is 2.89. The number of ether oxygens (including phenoxy) is 1. The van der Waals surface area contributed by atoms with Crippen LogP contribution >= 0.6 is 0 Å². The fourth-order valence-electron chi connectivity index (χ4n) is 1.48. The molecular weight excluding hydrogens is 205 g/mol. The minimum Gasteiger partial charge on any atom is -0.487 e. The second-order valence-electron chi connectivity index (χ2n) is 4.25.